The third kappa shape index (κ3) is 4.38. The van der Waals surface area contributed by atoms with Gasteiger partial charge in [-0.25, -0.2) is 9.97 Å². The smallest absolute Gasteiger partial charge is 0.223 e. The predicted molar refractivity (Wildman–Crippen MR) is 56.2 cm³/mol. The molecular formula is C10H14N4O. The summed E-state index contributed by atoms with van der Waals surface area (Å²) in [6.45, 7) is 2.45. The fourth-order valence-corrected chi connectivity index (χ4v) is 1.10. The van der Waals surface area contributed by atoms with Gasteiger partial charge in [0.2, 0.25) is 5.95 Å². The number of anilines is 1. The zero-order valence-electron chi connectivity index (χ0n) is 8.64. The van der Waals surface area contributed by atoms with Crippen molar-refractivity contribution in [2.24, 2.45) is 0 Å². The van der Waals surface area contributed by atoms with E-state index in [1.165, 1.54) is 0 Å². The molecule has 0 aliphatic heterocycles. The van der Waals surface area contributed by atoms with Gasteiger partial charge in [0.05, 0.1) is 6.10 Å². The molecule has 80 valence electrons. The van der Waals surface area contributed by atoms with Crippen LogP contribution in [0.25, 0.3) is 0 Å². The molecule has 15 heavy (non-hydrogen) atoms. The summed E-state index contributed by atoms with van der Waals surface area (Å²) in [5.41, 5.74) is 0.350. The lowest BCUT2D eigenvalue weighted by Crippen LogP contribution is -2.08. The van der Waals surface area contributed by atoms with Crippen LogP contribution in [-0.2, 0) is 0 Å². The van der Waals surface area contributed by atoms with Gasteiger partial charge < -0.3 is 10.4 Å². The summed E-state index contributed by atoms with van der Waals surface area (Å²) in [5.74, 6) is 0.458. The number of hydrogen-bond donors (Lipinski definition) is 2. The van der Waals surface area contributed by atoms with Crippen molar-refractivity contribution in [1.29, 1.82) is 5.26 Å². The SMILES string of the molecule is CC(O)CCCNc1nccc(C#N)n1. The number of aliphatic hydroxyl groups excluding tert-OH is 1. The number of nitrogens with one attached hydrogen (secondary N) is 1. The van der Waals surface area contributed by atoms with E-state index >= 15 is 0 Å². The first kappa shape index (κ1) is 11.4. The van der Waals surface area contributed by atoms with Crippen molar-refractivity contribution in [2.75, 3.05) is 11.9 Å². The monoisotopic (exact) mass is 206 g/mol. The second kappa shape index (κ2) is 5.94. The lowest BCUT2D eigenvalue weighted by Gasteiger charge is -2.05. The second-order valence-corrected chi connectivity index (χ2v) is 3.30. The second-order valence-electron chi connectivity index (χ2n) is 3.30. The van der Waals surface area contributed by atoms with E-state index in [0.717, 1.165) is 12.8 Å². The van der Waals surface area contributed by atoms with Gasteiger partial charge in [-0.1, -0.05) is 0 Å². The Bertz CT molecular complexity index is 346. The molecule has 1 heterocycles. The van der Waals surface area contributed by atoms with Gasteiger partial charge in [0, 0.05) is 12.7 Å². The van der Waals surface area contributed by atoms with Crippen molar-refractivity contribution in [3.63, 3.8) is 0 Å². The molecule has 0 bridgehead atoms. The van der Waals surface area contributed by atoms with Gasteiger partial charge in [-0.3, -0.25) is 0 Å². The van der Waals surface area contributed by atoms with E-state index in [2.05, 4.69) is 15.3 Å². The van der Waals surface area contributed by atoms with E-state index in [0.29, 0.717) is 18.2 Å². The van der Waals surface area contributed by atoms with Crippen LogP contribution in [0.4, 0.5) is 5.95 Å². The third-order valence-electron chi connectivity index (χ3n) is 1.85. The van der Waals surface area contributed by atoms with Crippen LogP contribution in [0.3, 0.4) is 0 Å². The van der Waals surface area contributed by atoms with E-state index in [1.807, 2.05) is 6.07 Å². The van der Waals surface area contributed by atoms with Gasteiger partial charge in [0.1, 0.15) is 11.8 Å². The third-order valence-corrected chi connectivity index (χ3v) is 1.85. The largest absolute Gasteiger partial charge is 0.393 e. The van der Waals surface area contributed by atoms with E-state index < -0.39 is 0 Å². The normalized spacial score (nSPS) is 11.8. The van der Waals surface area contributed by atoms with E-state index in [9.17, 15) is 0 Å². The van der Waals surface area contributed by atoms with Crippen molar-refractivity contribution in [3.05, 3.63) is 18.0 Å². The molecule has 0 saturated carbocycles. The molecule has 5 nitrogen and oxygen atoms in total. The Labute approximate surface area is 88.8 Å². The first-order valence-corrected chi connectivity index (χ1v) is 4.87. The van der Waals surface area contributed by atoms with Crippen molar-refractivity contribution < 1.29 is 5.11 Å². The van der Waals surface area contributed by atoms with Crippen molar-refractivity contribution in [1.82, 2.24) is 9.97 Å². The maximum atomic E-state index is 9.03. The Balaban J connectivity index is 2.35. The summed E-state index contributed by atoms with van der Waals surface area (Å²) in [5, 5.41) is 20.6. The molecular weight excluding hydrogens is 192 g/mol. The molecule has 1 aromatic rings. The van der Waals surface area contributed by atoms with Crippen LogP contribution < -0.4 is 5.32 Å². The lowest BCUT2D eigenvalue weighted by atomic mass is 10.2. The average Bonchev–Trinajstić information content (AvgIpc) is 2.24. The molecule has 1 rings (SSSR count). The highest BCUT2D eigenvalue weighted by Gasteiger charge is 1.98. The first-order chi connectivity index (χ1) is 7.22. The number of nitriles is 1. The Morgan fingerprint density at radius 3 is 3.13 bits per heavy atom. The molecule has 1 atom stereocenters. The molecule has 0 aliphatic carbocycles. The molecule has 0 amide bonds. The van der Waals surface area contributed by atoms with E-state index in [1.54, 1.807) is 19.2 Å². The van der Waals surface area contributed by atoms with Gasteiger partial charge >= 0.3 is 0 Å². The number of aliphatic hydroxyl groups is 1. The Kier molecular flexibility index (Phi) is 4.51. The highest BCUT2D eigenvalue weighted by atomic mass is 16.3. The number of hydrogen-bond acceptors (Lipinski definition) is 5. The molecule has 0 aromatic carbocycles. The summed E-state index contributed by atoms with van der Waals surface area (Å²) in [6.07, 6.45) is 2.85. The Hall–Kier alpha value is -1.67. The highest BCUT2D eigenvalue weighted by Crippen LogP contribution is 2.01. The quantitative estimate of drug-likeness (QED) is 0.700. The van der Waals surface area contributed by atoms with Crippen LogP contribution in [0.5, 0.6) is 0 Å². The number of rotatable bonds is 5. The van der Waals surface area contributed by atoms with Crippen LogP contribution in [0.1, 0.15) is 25.5 Å². The van der Waals surface area contributed by atoms with Crippen molar-refractivity contribution in [2.45, 2.75) is 25.9 Å². The molecule has 1 aromatic heterocycles. The molecule has 0 aliphatic rings. The molecule has 5 heteroatoms. The summed E-state index contributed by atoms with van der Waals surface area (Å²) in [7, 11) is 0. The van der Waals surface area contributed by atoms with Gasteiger partial charge in [-0.2, -0.15) is 5.26 Å². The van der Waals surface area contributed by atoms with Crippen LogP contribution in [0, 0.1) is 11.3 Å². The molecule has 1 unspecified atom stereocenters. The van der Waals surface area contributed by atoms with Gasteiger partial charge in [0.15, 0.2) is 0 Å². The van der Waals surface area contributed by atoms with Crippen molar-refractivity contribution >= 4 is 5.95 Å². The molecule has 0 fully saturated rings. The minimum atomic E-state index is -0.279. The van der Waals surface area contributed by atoms with Crippen molar-refractivity contribution in [3.8, 4) is 6.07 Å². The minimum Gasteiger partial charge on any atom is -0.393 e. The summed E-state index contributed by atoms with van der Waals surface area (Å²) in [4.78, 5) is 7.93. The molecule has 0 spiro atoms. The zero-order valence-corrected chi connectivity index (χ0v) is 8.64. The first-order valence-electron chi connectivity index (χ1n) is 4.87. The number of aromatic nitrogens is 2. The van der Waals surface area contributed by atoms with Crippen LogP contribution in [-0.4, -0.2) is 27.7 Å². The van der Waals surface area contributed by atoms with E-state index in [-0.39, 0.29) is 6.10 Å². The summed E-state index contributed by atoms with van der Waals surface area (Å²) < 4.78 is 0. The summed E-state index contributed by atoms with van der Waals surface area (Å²) >= 11 is 0. The molecule has 0 radical (unpaired) electrons. The van der Waals surface area contributed by atoms with Gasteiger partial charge in [-0.05, 0) is 25.8 Å². The number of nitrogens with zero attached hydrogens (tertiary/aromatic N) is 3. The molecule has 0 saturated heterocycles. The maximum absolute atomic E-state index is 9.03. The molecule has 2 N–H and O–H groups in total. The minimum absolute atomic E-state index is 0.279. The topological polar surface area (TPSA) is 81.8 Å². The Morgan fingerprint density at radius 1 is 1.67 bits per heavy atom. The Morgan fingerprint density at radius 2 is 2.47 bits per heavy atom. The van der Waals surface area contributed by atoms with Crippen LogP contribution in [0.15, 0.2) is 12.3 Å². The van der Waals surface area contributed by atoms with Gasteiger partial charge in [-0.15, -0.1) is 0 Å². The fourth-order valence-electron chi connectivity index (χ4n) is 1.10. The zero-order chi connectivity index (χ0) is 11.1. The van der Waals surface area contributed by atoms with E-state index in [4.69, 9.17) is 10.4 Å². The highest BCUT2D eigenvalue weighted by molar-refractivity contribution is 5.29. The van der Waals surface area contributed by atoms with Crippen LogP contribution >= 0.6 is 0 Å². The standard InChI is InChI=1S/C10H14N4O/c1-8(15)3-2-5-12-10-13-6-4-9(7-11)14-10/h4,6,8,15H,2-3,5H2,1H3,(H,12,13,14). The maximum Gasteiger partial charge on any atom is 0.223 e. The summed E-state index contributed by atoms with van der Waals surface area (Å²) in [6, 6.07) is 3.50. The van der Waals surface area contributed by atoms with Crippen LogP contribution in [0.2, 0.25) is 0 Å². The predicted octanol–water partition coefficient (Wildman–Crippen LogP) is 0.921. The average molecular weight is 206 g/mol. The lowest BCUT2D eigenvalue weighted by molar-refractivity contribution is 0.183. The van der Waals surface area contributed by atoms with Gasteiger partial charge in [0.25, 0.3) is 0 Å². The fraction of sp³-hybridized carbons (Fsp3) is 0.500.